The molecule has 0 aliphatic rings. The van der Waals surface area contributed by atoms with Crippen molar-refractivity contribution in [2.45, 2.75) is 11.4 Å². The Morgan fingerprint density at radius 3 is 2.22 bits per heavy atom. The molecule has 0 unspecified atom stereocenters. The van der Waals surface area contributed by atoms with Crippen LogP contribution in [-0.2, 0) is 21.4 Å². The molecule has 0 radical (unpaired) electrons. The fourth-order valence-electron chi connectivity index (χ4n) is 2.91. The molecule has 0 saturated heterocycles. The zero-order chi connectivity index (χ0) is 23.3. The fourth-order valence-corrected chi connectivity index (χ4v) is 4.55. The largest absolute Gasteiger partial charge is 0.366 e. The molecular weight excluding hydrogens is 457 g/mol. The molecule has 0 heterocycles. The molecule has 0 aliphatic carbocycles. The zero-order valence-corrected chi connectivity index (χ0v) is 18.2. The molecule has 0 aliphatic heterocycles. The minimum atomic E-state index is -4.37. The number of primary amides is 1. The summed E-state index contributed by atoms with van der Waals surface area (Å²) in [6.07, 6.45) is 0. The third kappa shape index (κ3) is 5.50. The van der Waals surface area contributed by atoms with E-state index in [1.54, 1.807) is 24.3 Å². The highest BCUT2D eigenvalue weighted by Crippen LogP contribution is 2.24. The lowest BCUT2D eigenvalue weighted by Gasteiger charge is -2.22. The Hall–Kier alpha value is -3.27. The molecule has 0 bridgehead atoms. The molecule has 2 amide bonds. The summed E-state index contributed by atoms with van der Waals surface area (Å²) >= 11 is 6.17. The number of carbonyl (C=O) groups excluding carboxylic acids is 2. The SMILES string of the molecule is NC(=O)c1ccc(NC(=O)CN(Cc2ccccc2Cl)S(=O)(=O)c2ccccc2F)cc1. The normalized spacial score (nSPS) is 11.3. The van der Waals surface area contributed by atoms with Gasteiger partial charge in [-0.15, -0.1) is 0 Å². The second-order valence-electron chi connectivity index (χ2n) is 6.78. The lowest BCUT2D eigenvalue weighted by Crippen LogP contribution is -2.38. The molecule has 0 aromatic heterocycles. The van der Waals surface area contributed by atoms with Crippen LogP contribution >= 0.6 is 11.6 Å². The predicted molar refractivity (Wildman–Crippen MR) is 119 cm³/mol. The van der Waals surface area contributed by atoms with Gasteiger partial charge in [-0.25, -0.2) is 12.8 Å². The standard InChI is InChI=1S/C22H19ClFN3O4S/c23-18-6-2-1-5-16(18)13-27(32(30,31)20-8-4-3-7-19(20)24)14-21(28)26-17-11-9-15(10-12-17)22(25)29/h1-12H,13-14H2,(H2,25,29)(H,26,28). The summed E-state index contributed by atoms with van der Waals surface area (Å²) in [5.74, 6) is -2.22. The molecule has 32 heavy (non-hydrogen) atoms. The lowest BCUT2D eigenvalue weighted by molar-refractivity contribution is -0.116. The van der Waals surface area contributed by atoms with Gasteiger partial charge < -0.3 is 11.1 Å². The van der Waals surface area contributed by atoms with Crippen molar-refractivity contribution in [3.63, 3.8) is 0 Å². The van der Waals surface area contributed by atoms with Crippen LogP contribution in [0.2, 0.25) is 5.02 Å². The van der Waals surface area contributed by atoms with Crippen molar-refractivity contribution < 1.29 is 22.4 Å². The summed E-state index contributed by atoms with van der Waals surface area (Å²) < 4.78 is 41.5. The smallest absolute Gasteiger partial charge is 0.248 e. The highest BCUT2D eigenvalue weighted by molar-refractivity contribution is 7.89. The number of anilines is 1. The van der Waals surface area contributed by atoms with Gasteiger partial charge in [0.15, 0.2) is 0 Å². The molecule has 10 heteroatoms. The first-order valence-electron chi connectivity index (χ1n) is 9.36. The molecule has 0 saturated carbocycles. The second-order valence-corrected chi connectivity index (χ2v) is 9.10. The number of nitrogens with zero attached hydrogens (tertiary/aromatic N) is 1. The first kappa shape index (κ1) is 23.4. The Kier molecular flexibility index (Phi) is 7.24. The van der Waals surface area contributed by atoms with E-state index in [1.165, 1.54) is 36.4 Å². The Balaban J connectivity index is 1.88. The van der Waals surface area contributed by atoms with Gasteiger partial charge in [0.05, 0.1) is 6.54 Å². The molecule has 3 aromatic carbocycles. The highest BCUT2D eigenvalue weighted by Gasteiger charge is 2.29. The number of hydrogen-bond acceptors (Lipinski definition) is 4. The number of hydrogen-bond donors (Lipinski definition) is 2. The number of nitrogens with one attached hydrogen (secondary N) is 1. The van der Waals surface area contributed by atoms with Crippen LogP contribution in [0.1, 0.15) is 15.9 Å². The number of rotatable bonds is 8. The topological polar surface area (TPSA) is 110 Å². The maximum absolute atomic E-state index is 14.3. The third-order valence-corrected chi connectivity index (χ3v) is 6.73. The van der Waals surface area contributed by atoms with Gasteiger partial charge in [0.1, 0.15) is 10.7 Å². The third-order valence-electron chi connectivity index (χ3n) is 4.53. The van der Waals surface area contributed by atoms with Gasteiger partial charge in [0.25, 0.3) is 0 Å². The van der Waals surface area contributed by atoms with E-state index in [0.29, 0.717) is 16.3 Å². The molecule has 0 spiro atoms. The first-order valence-corrected chi connectivity index (χ1v) is 11.2. The first-order chi connectivity index (χ1) is 15.2. The van der Waals surface area contributed by atoms with E-state index >= 15 is 0 Å². The number of carbonyl (C=O) groups is 2. The zero-order valence-electron chi connectivity index (χ0n) is 16.7. The summed E-state index contributed by atoms with van der Waals surface area (Å²) in [7, 11) is -4.37. The Morgan fingerprint density at radius 1 is 0.969 bits per heavy atom. The van der Waals surface area contributed by atoms with E-state index in [4.69, 9.17) is 17.3 Å². The molecule has 0 fully saturated rings. The van der Waals surface area contributed by atoms with Crippen LogP contribution in [0.3, 0.4) is 0 Å². The van der Waals surface area contributed by atoms with Gasteiger partial charge in [0, 0.05) is 22.8 Å². The predicted octanol–water partition coefficient (Wildman–Crippen LogP) is 3.41. The number of halogens is 2. The fraction of sp³-hybridized carbons (Fsp3) is 0.0909. The van der Waals surface area contributed by atoms with Crippen molar-refractivity contribution in [1.29, 1.82) is 0 Å². The van der Waals surface area contributed by atoms with Crippen molar-refractivity contribution in [2.24, 2.45) is 5.73 Å². The second kappa shape index (κ2) is 9.90. The summed E-state index contributed by atoms with van der Waals surface area (Å²) in [5.41, 5.74) is 6.23. The van der Waals surface area contributed by atoms with Gasteiger partial charge in [-0.05, 0) is 48.0 Å². The molecule has 3 rings (SSSR count). The molecular formula is C22H19ClFN3O4S. The van der Waals surface area contributed by atoms with Gasteiger partial charge >= 0.3 is 0 Å². The van der Waals surface area contributed by atoms with Crippen LogP contribution in [0.5, 0.6) is 0 Å². The van der Waals surface area contributed by atoms with Crippen LogP contribution in [0, 0.1) is 5.82 Å². The van der Waals surface area contributed by atoms with Crippen LogP contribution < -0.4 is 11.1 Å². The Labute approximate surface area is 189 Å². The Morgan fingerprint density at radius 2 is 1.59 bits per heavy atom. The minimum absolute atomic E-state index is 0.246. The van der Waals surface area contributed by atoms with E-state index in [0.717, 1.165) is 16.4 Å². The number of benzene rings is 3. The quantitative estimate of drug-likeness (QED) is 0.520. The number of amides is 2. The highest BCUT2D eigenvalue weighted by atomic mass is 35.5. The molecule has 3 N–H and O–H groups in total. The van der Waals surface area contributed by atoms with Crippen molar-refractivity contribution in [3.05, 3.63) is 94.8 Å². The molecule has 166 valence electrons. The summed E-state index contributed by atoms with van der Waals surface area (Å²) in [5, 5.41) is 2.86. The van der Waals surface area contributed by atoms with Gasteiger partial charge in [-0.2, -0.15) is 4.31 Å². The number of sulfonamides is 1. The van der Waals surface area contributed by atoms with Crippen LogP contribution in [0.25, 0.3) is 0 Å². The molecule has 0 atom stereocenters. The lowest BCUT2D eigenvalue weighted by atomic mass is 10.2. The summed E-state index contributed by atoms with van der Waals surface area (Å²) in [6, 6.07) is 17.3. The van der Waals surface area contributed by atoms with Crippen molar-refractivity contribution in [2.75, 3.05) is 11.9 Å². The molecule has 7 nitrogen and oxygen atoms in total. The Bertz CT molecular complexity index is 1250. The summed E-state index contributed by atoms with van der Waals surface area (Å²) in [4.78, 5) is 23.3. The average molecular weight is 476 g/mol. The van der Waals surface area contributed by atoms with Crippen LogP contribution in [0.15, 0.2) is 77.7 Å². The maximum Gasteiger partial charge on any atom is 0.248 e. The van der Waals surface area contributed by atoms with Crippen LogP contribution in [-0.4, -0.2) is 31.1 Å². The van der Waals surface area contributed by atoms with E-state index in [1.807, 2.05) is 0 Å². The van der Waals surface area contributed by atoms with E-state index in [-0.39, 0.29) is 12.1 Å². The van der Waals surface area contributed by atoms with Crippen molar-refractivity contribution in [1.82, 2.24) is 4.31 Å². The minimum Gasteiger partial charge on any atom is -0.366 e. The maximum atomic E-state index is 14.3. The monoisotopic (exact) mass is 475 g/mol. The molecule has 3 aromatic rings. The average Bonchev–Trinajstić information content (AvgIpc) is 2.75. The van der Waals surface area contributed by atoms with Crippen molar-refractivity contribution in [3.8, 4) is 0 Å². The van der Waals surface area contributed by atoms with E-state index in [2.05, 4.69) is 5.32 Å². The summed E-state index contributed by atoms with van der Waals surface area (Å²) in [6.45, 7) is -0.843. The van der Waals surface area contributed by atoms with Gasteiger partial charge in [-0.1, -0.05) is 41.9 Å². The van der Waals surface area contributed by atoms with E-state index in [9.17, 15) is 22.4 Å². The van der Waals surface area contributed by atoms with Gasteiger partial charge in [0.2, 0.25) is 21.8 Å². The van der Waals surface area contributed by atoms with Gasteiger partial charge in [-0.3, -0.25) is 9.59 Å². The van der Waals surface area contributed by atoms with Crippen molar-refractivity contribution >= 4 is 39.1 Å². The number of nitrogens with two attached hydrogens (primary N) is 1. The van der Waals surface area contributed by atoms with Crippen LogP contribution in [0.4, 0.5) is 10.1 Å². The van der Waals surface area contributed by atoms with E-state index < -0.39 is 39.1 Å².